The summed E-state index contributed by atoms with van der Waals surface area (Å²) < 4.78 is 11.4. The highest BCUT2D eigenvalue weighted by Gasteiger charge is 2.13. The van der Waals surface area contributed by atoms with E-state index < -0.39 is 0 Å². The molecular weight excluding hydrogens is 316 g/mol. The fourth-order valence-electron chi connectivity index (χ4n) is 3.32. The second-order valence-corrected chi connectivity index (χ2v) is 6.60. The monoisotopic (exact) mass is 340 g/mol. The van der Waals surface area contributed by atoms with Gasteiger partial charge in [0.05, 0.1) is 0 Å². The van der Waals surface area contributed by atoms with Crippen molar-refractivity contribution in [2.45, 2.75) is 32.1 Å². The van der Waals surface area contributed by atoms with E-state index in [2.05, 4.69) is 20.4 Å². The third kappa shape index (κ3) is 4.02. The lowest BCUT2D eigenvalue weighted by Crippen LogP contribution is -2.30. The summed E-state index contributed by atoms with van der Waals surface area (Å²) in [6.45, 7) is 4.56. The number of unbranched alkanes of at least 4 members (excludes halogenated alkanes) is 1. The molecule has 3 heterocycles. The van der Waals surface area contributed by atoms with Gasteiger partial charge in [-0.3, -0.25) is 0 Å². The summed E-state index contributed by atoms with van der Waals surface area (Å²) in [6, 6.07) is 10.2. The molecule has 0 spiro atoms. The summed E-state index contributed by atoms with van der Waals surface area (Å²) >= 11 is 0. The van der Waals surface area contributed by atoms with Crippen molar-refractivity contribution in [2.24, 2.45) is 0 Å². The van der Waals surface area contributed by atoms with E-state index in [0.29, 0.717) is 17.7 Å². The summed E-state index contributed by atoms with van der Waals surface area (Å²) in [4.78, 5) is 2.57. The van der Waals surface area contributed by atoms with Crippen LogP contribution in [0.1, 0.15) is 32.1 Å². The van der Waals surface area contributed by atoms with Crippen LogP contribution in [0.4, 0.5) is 6.01 Å². The predicted octanol–water partition coefficient (Wildman–Crippen LogP) is 4.16. The molecule has 1 N–H and O–H groups in total. The van der Waals surface area contributed by atoms with Gasteiger partial charge in [-0.05, 0) is 57.5 Å². The highest BCUT2D eigenvalue weighted by atomic mass is 16.4. The molecule has 4 rings (SSSR count). The van der Waals surface area contributed by atoms with Gasteiger partial charge in [-0.25, -0.2) is 0 Å². The molecule has 0 amide bonds. The maximum atomic E-state index is 5.75. The summed E-state index contributed by atoms with van der Waals surface area (Å²) in [5.41, 5.74) is 0.822. The zero-order valence-electron chi connectivity index (χ0n) is 14.4. The molecule has 0 unspecified atom stereocenters. The van der Waals surface area contributed by atoms with E-state index in [1.165, 1.54) is 45.3 Å². The van der Waals surface area contributed by atoms with Crippen molar-refractivity contribution in [1.82, 2.24) is 15.1 Å². The number of likely N-dealkylation sites (tertiary alicyclic amines) is 1. The van der Waals surface area contributed by atoms with Crippen molar-refractivity contribution in [2.75, 3.05) is 31.5 Å². The molecule has 6 heteroatoms. The molecule has 132 valence electrons. The number of fused-ring (bicyclic) bond motifs is 1. The van der Waals surface area contributed by atoms with Crippen LogP contribution in [0, 0.1) is 0 Å². The number of hydrogen-bond donors (Lipinski definition) is 1. The lowest BCUT2D eigenvalue weighted by atomic mass is 10.1. The first-order valence-corrected chi connectivity index (χ1v) is 9.17. The van der Waals surface area contributed by atoms with Crippen LogP contribution in [-0.2, 0) is 0 Å². The highest BCUT2D eigenvalue weighted by Crippen LogP contribution is 2.27. The summed E-state index contributed by atoms with van der Waals surface area (Å²) in [5, 5.41) is 12.4. The normalized spacial score (nSPS) is 15.7. The Labute approximate surface area is 147 Å². The maximum Gasteiger partial charge on any atom is 0.315 e. The smallest absolute Gasteiger partial charge is 0.315 e. The van der Waals surface area contributed by atoms with Gasteiger partial charge in [0.2, 0.25) is 0 Å². The molecule has 1 aliphatic heterocycles. The average Bonchev–Trinajstić information content (AvgIpc) is 3.29. The first-order valence-electron chi connectivity index (χ1n) is 9.17. The van der Waals surface area contributed by atoms with Crippen LogP contribution in [0.3, 0.4) is 0 Å². The molecule has 0 atom stereocenters. The Balaban J connectivity index is 1.25. The predicted molar refractivity (Wildman–Crippen MR) is 97.5 cm³/mol. The summed E-state index contributed by atoms with van der Waals surface area (Å²) in [7, 11) is 0. The van der Waals surface area contributed by atoms with E-state index in [4.69, 9.17) is 8.83 Å². The quantitative estimate of drug-likeness (QED) is 0.651. The third-order valence-electron chi connectivity index (χ3n) is 4.69. The van der Waals surface area contributed by atoms with Gasteiger partial charge in [0.15, 0.2) is 5.76 Å². The van der Waals surface area contributed by atoms with E-state index in [1.54, 1.807) is 0 Å². The maximum absolute atomic E-state index is 5.75. The number of hydrogen-bond acceptors (Lipinski definition) is 6. The Morgan fingerprint density at radius 1 is 1.00 bits per heavy atom. The molecule has 0 saturated carbocycles. The number of nitrogens with zero attached hydrogens (tertiary/aromatic N) is 3. The van der Waals surface area contributed by atoms with Crippen LogP contribution in [0.2, 0.25) is 0 Å². The minimum Gasteiger partial charge on any atom is -0.451 e. The first-order chi connectivity index (χ1) is 12.4. The Kier molecular flexibility index (Phi) is 4.97. The highest BCUT2D eigenvalue weighted by molar-refractivity contribution is 5.81. The number of piperidine rings is 1. The van der Waals surface area contributed by atoms with Crippen LogP contribution in [0.25, 0.3) is 22.6 Å². The summed E-state index contributed by atoms with van der Waals surface area (Å²) in [6.07, 6.45) is 6.38. The van der Waals surface area contributed by atoms with Crippen LogP contribution < -0.4 is 5.32 Å². The second kappa shape index (κ2) is 7.70. The van der Waals surface area contributed by atoms with Crippen molar-refractivity contribution >= 4 is 17.0 Å². The van der Waals surface area contributed by atoms with Crippen molar-refractivity contribution in [1.29, 1.82) is 0 Å². The fourth-order valence-corrected chi connectivity index (χ4v) is 3.32. The van der Waals surface area contributed by atoms with Crippen molar-refractivity contribution in [3.63, 3.8) is 0 Å². The number of furan rings is 1. The molecular formula is C19H24N4O2. The second-order valence-electron chi connectivity index (χ2n) is 6.60. The molecule has 0 aliphatic carbocycles. The van der Waals surface area contributed by atoms with Gasteiger partial charge in [-0.15, -0.1) is 5.10 Å². The molecule has 3 aromatic rings. The fraction of sp³-hybridized carbons (Fsp3) is 0.474. The van der Waals surface area contributed by atoms with Crippen LogP contribution in [0.15, 0.2) is 39.2 Å². The topological polar surface area (TPSA) is 67.3 Å². The molecule has 1 aliphatic rings. The average molecular weight is 340 g/mol. The van der Waals surface area contributed by atoms with Gasteiger partial charge in [0, 0.05) is 11.9 Å². The number of nitrogens with one attached hydrogen (secondary N) is 1. The van der Waals surface area contributed by atoms with Crippen molar-refractivity contribution in [3.05, 3.63) is 30.3 Å². The molecule has 1 aromatic carbocycles. The van der Waals surface area contributed by atoms with Gasteiger partial charge in [-0.1, -0.05) is 29.7 Å². The van der Waals surface area contributed by atoms with Gasteiger partial charge in [0.1, 0.15) is 5.58 Å². The number of benzene rings is 1. The van der Waals surface area contributed by atoms with Crippen molar-refractivity contribution < 1.29 is 8.83 Å². The van der Waals surface area contributed by atoms with E-state index >= 15 is 0 Å². The molecule has 6 nitrogen and oxygen atoms in total. The summed E-state index contributed by atoms with van der Waals surface area (Å²) in [5.74, 6) is 1.01. The standard InChI is InChI=1S/C19H24N4O2/c1-5-11-23(12-6-1)13-7-4-10-20-19-22-21-18(25-19)17-14-15-8-2-3-9-16(15)24-17/h2-3,8-9,14H,1,4-7,10-13H2,(H,20,22). The Morgan fingerprint density at radius 2 is 1.88 bits per heavy atom. The van der Waals surface area contributed by atoms with Gasteiger partial charge < -0.3 is 19.1 Å². The molecule has 25 heavy (non-hydrogen) atoms. The minimum atomic E-state index is 0.409. The van der Waals surface area contributed by atoms with E-state index in [-0.39, 0.29) is 0 Å². The lowest BCUT2D eigenvalue weighted by molar-refractivity contribution is 0.225. The zero-order valence-corrected chi connectivity index (χ0v) is 14.4. The molecule has 0 radical (unpaired) electrons. The third-order valence-corrected chi connectivity index (χ3v) is 4.69. The number of para-hydroxylation sites is 1. The number of aromatic nitrogens is 2. The van der Waals surface area contributed by atoms with E-state index in [9.17, 15) is 0 Å². The molecule has 2 aromatic heterocycles. The van der Waals surface area contributed by atoms with Crippen LogP contribution in [-0.4, -0.2) is 41.3 Å². The van der Waals surface area contributed by atoms with Gasteiger partial charge in [0.25, 0.3) is 5.89 Å². The largest absolute Gasteiger partial charge is 0.451 e. The molecule has 0 bridgehead atoms. The molecule has 1 saturated heterocycles. The lowest BCUT2D eigenvalue weighted by Gasteiger charge is -2.26. The van der Waals surface area contributed by atoms with Gasteiger partial charge in [-0.2, -0.15) is 0 Å². The van der Waals surface area contributed by atoms with E-state index in [0.717, 1.165) is 23.9 Å². The molecule has 1 fully saturated rings. The van der Waals surface area contributed by atoms with E-state index in [1.807, 2.05) is 30.3 Å². The SMILES string of the molecule is c1ccc2oc(-c3nnc(NCCCCN4CCCCC4)o3)cc2c1. The van der Waals surface area contributed by atoms with Gasteiger partial charge >= 0.3 is 6.01 Å². The van der Waals surface area contributed by atoms with Crippen molar-refractivity contribution in [3.8, 4) is 11.7 Å². The van der Waals surface area contributed by atoms with Crippen LogP contribution >= 0.6 is 0 Å². The number of anilines is 1. The number of rotatable bonds is 7. The first kappa shape index (κ1) is 16.1. The Bertz CT molecular complexity index is 771. The Hall–Kier alpha value is -2.34. The Morgan fingerprint density at radius 3 is 2.76 bits per heavy atom. The van der Waals surface area contributed by atoms with Crippen LogP contribution in [0.5, 0.6) is 0 Å². The zero-order chi connectivity index (χ0) is 16.9. The minimum absolute atomic E-state index is 0.409.